The number of anilines is 1. The summed E-state index contributed by atoms with van der Waals surface area (Å²) in [6.45, 7) is 5.86. The molecule has 0 spiro atoms. The van der Waals surface area contributed by atoms with Crippen LogP contribution < -0.4 is 4.90 Å². The Bertz CT molecular complexity index is 419. The molecule has 0 radical (unpaired) electrons. The maximum absolute atomic E-state index is 8.89. The highest BCUT2D eigenvalue weighted by atomic mass is 79.9. The first-order chi connectivity index (χ1) is 8.20. The maximum atomic E-state index is 8.89. The van der Waals surface area contributed by atoms with Crippen LogP contribution in [0, 0.1) is 11.3 Å². The third-order valence-electron chi connectivity index (χ3n) is 3.22. The molecular formula is C13H16BrN3. The number of piperazine rings is 1. The first kappa shape index (κ1) is 12.4. The second-order valence-corrected chi connectivity index (χ2v) is 5.22. The molecule has 0 N–H and O–H groups in total. The topological polar surface area (TPSA) is 30.3 Å². The van der Waals surface area contributed by atoms with Crippen LogP contribution in [0.4, 0.5) is 5.69 Å². The standard InChI is InChI=1S/C13H16BrN3/c1-11(10-15)16-5-7-17(8-6-16)13-4-2-3-12(14)9-13/h2-4,9,11H,5-8H2,1H3/t11-/m1/s1. The Kier molecular flexibility index (Phi) is 4.03. The molecule has 0 saturated carbocycles. The van der Waals surface area contributed by atoms with Gasteiger partial charge in [0.05, 0.1) is 12.1 Å². The summed E-state index contributed by atoms with van der Waals surface area (Å²) in [5.74, 6) is 0. The van der Waals surface area contributed by atoms with Crippen LogP contribution in [0.3, 0.4) is 0 Å². The molecule has 1 saturated heterocycles. The van der Waals surface area contributed by atoms with E-state index in [0.29, 0.717) is 0 Å². The molecule has 0 aliphatic carbocycles. The average Bonchev–Trinajstić information content (AvgIpc) is 2.38. The zero-order valence-corrected chi connectivity index (χ0v) is 11.5. The molecule has 90 valence electrons. The molecule has 2 rings (SSSR count). The van der Waals surface area contributed by atoms with Crippen molar-refractivity contribution in [1.29, 1.82) is 5.26 Å². The summed E-state index contributed by atoms with van der Waals surface area (Å²) in [5, 5.41) is 8.89. The fraction of sp³-hybridized carbons (Fsp3) is 0.462. The van der Waals surface area contributed by atoms with Gasteiger partial charge in [0.1, 0.15) is 0 Å². The van der Waals surface area contributed by atoms with Crippen LogP contribution >= 0.6 is 15.9 Å². The summed E-state index contributed by atoms with van der Waals surface area (Å²) < 4.78 is 1.11. The lowest BCUT2D eigenvalue weighted by Crippen LogP contribution is -2.49. The highest BCUT2D eigenvalue weighted by Crippen LogP contribution is 2.21. The fourth-order valence-corrected chi connectivity index (χ4v) is 2.51. The van der Waals surface area contributed by atoms with E-state index < -0.39 is 0 Å². The van der Waals surface area contributed by atoms with E-state index >= 15 is 0 Å². The molecule has 0 aromatic heterocycles. The molecule has 0 amide bonds. The van der Waals surface area contributed by atoms with E-state index in [0.717, 1.165) is 30.7 Å². The SMILES string of the molecule is C[C@H](C#N)N1CCN(c2cccc(Br)c2)CC1. The number of rotatable bonds is 2. The number of hydrogen-bond acceptors (Lipinski definition) is 3. The van der Waals surface area contributed by atoms with E-state index in [1.54, 1.807) is 0 Å². The van der Waals surface area contributed by atoms with Crippen molar-refractivity contribution < 1.29 is 0 Å². The summed E-state index contributed by atoms with van der Waals surface area (Å²) >= 11 is 3.49. The normalized spacial score (nSPS) is 18.8. The predicted molar refractivity (Wildman–Crippen MR) is 73.0 cm³/mol. The molecule has 0 bridgehead atoms. The number of hydrogen-bond donors (Lipinski definition) is 0. The lowest BCUT2D eigenvalue weighted by atomic mass is 10.2. The molecular weight excluding hydrogens is 278 g/mol. The van der Waals surface area contributed by atoms with Gasteiger partial charge >= 0.3 is 0 Å². The molecule has 0 unspecified atom stereocenters. The van der Waals surface area contributed by atoms with Gasteiger partial charge in [-0.25, -0.2) is 0 Å². The van der Waals surface area contributed by atoms with E-state index in [2.05, 4.69) is 50.0 Å². The summed E-state index contributed by atoms with van der Waals surface area (Å²) in [5.41, 5.74) is 1.25. The van der Waals surface area contributed by atoms with Crippen molar-refractivity contribution in [2.24, 2.45) is 0 Å². The van der Waals surface area contributed by atoms with Gasteiger partial charge in [-0.2, -0.15) is 5.26 Å². The molecule has 1 heterocycles. The zero-order chi connectivity index (χ0) is 12.3. The monoisotopic (exact) mass is 293 g/mol. The van der Waals surface area contributed by atoms with Gasteiger partial charge < -0.3 is 4.90 Å². The van der Waals surface area contributed by atoms with E-state index in [9.17, 15) is 0 Å². The van der Waals surface area contributed by atoms with Crippen molar-refractivity contribution in [3.8, 4) is 6.07 Å². The number of nitriles is 1. The summed E-state index contributed by atoms with van der Waals surface area (Å²) in [6, 6.07) is 10.7. The van der Waals surface area contributed by atoms with Gasteiger partial charge in [0.25, 0.3) is 0 Å². The van der Waals surface area contributed by atoms with Crippen LogP contribution in [0.5, 0.6) is 0 Å². The number of nitrogens with zero attached hydrogens (tertiary/aromatic N) is 3. The molecule has 1 aromatic carbocycles. The van der Waals surface area contributed by atoms with Gasteiger partial charge in [-0.05, 0) is 25.1 Å². The van der Waals surface area contributed by atoms with Crippen LogP contribution in [-0.4, -0.2) is 37.1 Å². The van der Waals surface area contributed by atoms with Crippen LogP contribution in [0.1, 0.15) is 6.92 Å². The Balaban J connectivity index is 1.98. The van der Waals surface area contributed by atoms with Gasteiger partial charge in [0, 0.05) is 36.3 Å². The molecule has 1 fully saturated rings. The first-order valence-electron chi connectivity index (χ1n) is 5.85. The van der Waals surface area contributed by atoms with Crippen LogP contribution in [-0.2, 0) is 0 Å². The highest BCUT2D eigenvalue weighted by Gasteiger charge is 2.20. The Hall–Kier alpha value is -1.05. The first-order valence-corrected chi connectivity index (χ1v) is 6.64. The quantitative estimate of drug-likeness (QED) is 0.839. The van der Waals surface area contributed by atoms with E-state index in [1.165, 1.54) is 5.69 Å². The van der Waals surface area contributed by atoms with Crippen molar-refractivity contribution in [2.75, 3.05) is 31.1 Å². The Morgan fingerprint density at radius 3 is 2.59 bits per heavy atom. The summed E-state index contributed by atoms with van der Waals surface area (Å²) in [4.78, 5) is 4.60. The zero-order valence-electron chi connectivity index (χ0n) is 9.93. The molecule has 4 heteroatoms. The predicted octanol–water partition coefficient (Wildman–Crippen LogP) is 2.48. The summed E-state index contributed by atoms with van der Waals surface area (Å²) in [6.07, 6.45) is 0. The third kappa shape index (κ3) is 2.99. The minimum atomic E-state index is 0.0275. The van der Waals surface area contributed by atoms with Crippen LogP contribution in [0.2, 0.25) is 0 Å². The smallest absolute Gasteiger partial charge is 0.0950 e. The number of halogens is 1. The van der Waals surface area contributed by atoms with E-state index in [4.69, 9.17) is 5.26 Å². The fourth-order valence-electron chi connectivity index (χ4n) is 2.12. The van der Waals surface area contributed by atoms with Crippen molar-refractivity contribution >= 4 is 21.6 Å². The van der Waals surface area contributed by atoms with Crippen molar-refractivity contribution in [3.63, 3.8) is 0 Å². The second-order valence-electron chi connectivity index (χ2n) is 4.31. The molecule has 1 aromatic rings. The molecule has 1 atom stereocenters. The van der Waals surface area contributed by atoms with Gasteiger partial charge in [-0.1, -0.05) is 22.0 Å². The highest BCUT2D eigenvalue weighted by molar-refractivity contribution is 9.10. The van der Waals surface area contributed by atoms with E-state index in [1.807, 2.05) is 13.0 Å². The molecule has 17 heavy (non-hydrogen) atoms. The Morgan fingerprint density at radius 2 is 2.00 bits per heavy atom. The van der Waals surface area contributed by atoms with E-state index in [-0.39, 0.29) is 6.04 Å². The van der Waals surface area contributed by atoms with Gasteiger partial charge in [-0.15, -0.1) is 0 Å². The van der Waals surface area contributed by atoms with Crippen molar-refractivity contribution in [1.82, 2.24) is 4.90 Å². The Labute approximate surface area is 111 Å². The molecule has 3 nitrogen and oxygen atoms in total. The molecule has 1 aliphatic rings. The lowest BCUT2D eigenvalue weighted by Gasteiger charge is -2.37. The second kappa shape index (κ2) is 5.52. The van der Waals surface area contributed by atoms with Crippen molar-refractivity contribution in [3.05, 3.63) is 28.7 Å². The largest absolute Gasteiger partial charge is 0.369 e. The summed E-state index contributed by atoms with van der Waals surface area (Å²) in [7, 11) is 0. The van der Waals surface area contributed by atoms with Crippen LogP contribution in [0.15, 0.2) is 28.7 Å². The molecule has 1 aliphatic heterocycles. The van der Waals surface area contributed by atoms with Crippen LogP contribution in [0.25, 0.3) is 0 Å². The van der Waals surface area contributed by atoms with Gasteiger partial charge in [-0.3, -0.25) is 4.90 Å². The maximum Gasteiger partial charge on any atom is 0.0950 e. The average molecular weight is 294 g/mol. The lowest BCUT2D eigenvalue weighted by molar-refractivity contribution is 0.231. The minimum Gasteiger partial charge on any atom is -0.369 e. The third-order valence-corrected chi connectivity index (χ3v) is 3.72. The Morgan fingerprint density at radius 1 is 1.29 bits per heavy atom. The minimum absolute atomic E-state index is 0.0275. The number of benzene rings is 1. The van der Waals surface area contributed by atoms with Gasteiger partial charge in [0.2, 0.25) is 0 Å². The van der Waals surface area contributed by atoms with Gasteiger partial charge in [0.15, 0.2) is 0 Å². The van der Waals surface area contributed by atoms with Crippen molar-refractivity contribution in [2.45, 2.75) is 13.0 Å².